The summed E-state index contributed by atoms with van der Waals surface area (Å²) in [4.78, 5) is 12.4. The van der Waals surface area contributed by atoms with Crippen LogP contribution >= 0.6 is 0 Å². The maximum atomic E-state index is 12.4. The first-order valence-electron chi connectivity index (χ1n) is 7.21. The van der Waals surface area contributed by atoms with Crippen molar-refractivity contribution < 1.29 is 0 Å². The molecule has 1 atom stereocenters. The number of pyridine rings is 1. The summed E-state index contributed by atoms with van der Waals surface area (Å²) in [7, 11) is 0. The normalized spacial score (nSPS) is 12.3. The molecular weight excluding hydrogens is 248 g/mol. The number of aryl methyl sites for hydroxylation is 2. The van der Waals surface area contributed by atoms with E-state index in [-0.39, 0.29) is 11.6 Å². The lowest BCUT2D eigenvalue weighted by molar-refractivity contribution is 0.641. The molecule has 106 valence electrons. The summed E-state index contributed by atoms with van der Waals surface area (Å²) in [6.07, 6.45) is 3.76. The van der Waals surface area contributed by atoms with Gasteiger partial charge in [0.25, 0.3) is 5.56 Å². The maximum absolute atomic E-state index is 12.4. The van der Waals surface area contributed by atoms with Crippen molar-refractivity contribution in [1.29, 1.82) is 0 Å². The molecule has 3 heteroatoms. The van der Waals surface area contributed by atoms with E-state index >= 15 is 0 Å². The van der Waals surface area contributed by atoms with Gasteiger partial charge in [-0.3, -0.25) is 4.79 Å². The third kappa shape index (κ3) is 2.99. The van der Waals surface area contributed by atoms with Gasteiger partial charge in [0, 0.05) is 18.3 Å². The van der Waals surface area contributed by atoms with E-state index < -0.39 is 0 Å². The van der Waals surface area contributed by atoms with Gasteiger partial charge in [0.2, 0.25) is 0 Å². The van der Waals surface area contributed by atoms with E-state index in [1.807, 2.05) is 30.5 Å². The van der Waals surface area contributed by atoms with Crippen LogP contribution in [0, 0.1) is 0 Å². The van der Waals surface area contributed by atoms with E-state index in [1.165, 1.54) is 5.56 Å². The van der Waals surface area contributed by atoms with Crippen LogP contribution in [0.1, 0.15) is 43.0 Å². The summed E-state index contributed by atoms with van der Waals surface area (Å²) in [5.41, 5.74) is 9.19. The standard InChI is InChI=1S/C17H22N2O/c1-3-11-19-12-5-6-15(17(19)20)16(18)14-9-7-13(4-2)8-10-14/h5-10,12,16H,3-4,11,18H2,1-2H3. The van der Waals surface area contributed by atoms with Gasteiger partial charge in [-0.15, -0.1) is 0 Å². The molecule has 1 unspecified atom stereocenters. The molecule has 2 aromatic rings. The summed E-state index contributed by atoms with van der Waals surface area (Å²) < 4.78 is 1.73. The summed E-state index contributed by atoms with van der Waals surface area (Å²) >= 11 is 0. The summed E-state index contributed by atoms with van der Waals surface area (Å²) in [5, 5.41) is 0. The van der Waals surface area contributed by atoms with E-state index in [4.69, 9.17) is 5.73 Å². The van der Waals surface area contributed by atoms with Crippen LogP contribution < -0.4 is 11.3 Å². The molecule has 0 aliphatic carbocycles. The van der Waals surface area contributed by atoms with Crippen molar-refractivity contribution in [2.24, 2.45) is 5.73 Å². The van der Waals surface area contributed by atoms with Crippen molar-refractivity contribution in [2.75, 3.05) is 0 Å². The lowest BCUT2D eigenvalue weighted by Gasteiger charge is -2.14. The SMILES string of the molecule is CCCn1cccc(C(N)c2ccc(CC)cc2)c1=O. The van der Waals surface area contributed by atoms with E-state index in [0.29, 0.717) is 5.56 Å². The monoisotopic (exact) mass is 270 g/mol. The molecule has 0 saturated heterocycles. The Hall–Kier alpha value is -1.87. The molecule has 0 spiro atoms. The minimum Gasteiger partial charge on any atom is -0.320 e. The molecule has 20 heavy (non-hydrogen) atoms. The Balaban J connectivity index is 2.34. The molecule has 0 bridgehead atoms. The van der Waals surface area contributed by atoms with E-state index in [9.17, 15) is 4.79 Å². The fourth-order valence-corrected chi connectivity index (χ4v) is 2.35. The fraction of sp³-hybridized carbons (Fsp3) is 0.353. The zero-order chi connectivity index (χ0) is 14.5. The van der Waals surface area contributed by atoms with Crippen LogP contribution in [0.2, 0.25) is 0 Å². The van der Waals surface area contributed by atoms with Crippen LogP contribution in [0.25, 0.3) is 0 Å². The molecule has 0 fully saturated rings. The molecule has 2 N–H and O–H groups in total. The molecule has 0 radical (unpaired) electrons. The lowest BCUT2D eigenvalue weighted by atomic mass is 9.99. The van der Waals surface area contributed by atoms with Crippen LogP contribution in [0.4, 0.5) is 0 Å². The van der Waals surface area contributed by atoms with Gasteiger partial charge in [0.1, 0.15) is 0 Å². The fourth-order valence-electron chi connectivity index (χ4n) is 2.35. The molecule has 0 aliphatic heterocycles. The van der Waals surface area contributed by atoms with Gasteiger partial charge < -0.3 is 10.3 Å². The minimum absolute atomic E-state index is 0.0152. The molecule has 1 aromatic carbocycles. The van der Waals surface area contributed by atoms with E-state index in [2.05, 4.69) is 26.0 Å². The van der Waals surface area contributed by atoms with Crippen molar-refractivity contribution in [2.45, 2.75) is 39.3 Å². The quantitative estimate of drug-likeness (QED) is 0.908. The highest BCUT2D eigenvalue weighted by atomic mass is 16.1. The van der Waals surface area contributed by atoms with E-state index in [0.717, 1.165) is 24.9 Å². The van der Waals surface area contributed by atoms with Crippen LogP contribution in [-0.4, -0.2) is 4.57 Å². The number of hydrogen-bond acceptors (Lipinski definition) is 2. The van der Waals surface area contributed by atoms with Crippen molar-refractivity contribution in [3.63, 3.8) is 0 Å². The second-order valence-electron chi connectivity index (χ2n) is 5.03. The predicted molar refractivity (Wildman–Crippen MR) is 82.8 cm³/mol. The molecule has 1 aromatic heterocycles. The number of benzene rings is 1. The Morgan fingerprint density at radius 2 is 1.85 bits per heavy atom. The molecule has 2 rings (SSSR count). The van der Waals surface area contributed by atoms with Gasteiger partial charge >= 0.3 is 0 Å². The zero-order valence-corrected chi connectivity index (χ0v) is 12.2. The molecule has 3 nitrogen and oxygen atoms in total. The highest BCUT2D eigenvalue weighted by Crippen LogP contribution is 2.17. The first-order chi connectivity index (χ1) is 9.67. The van der Waals surface area contributed by atoms with E-state index in [1.54, 1.807) is 4.57 Å². The zero-order valence-electron chi connectivity index (χ0n) is 12.2. The van der Waals surface area contributed by atoms with Gasteiger partial charge in [-0.1, -0.05) is 44.2 Å². The van der Waals surface area contributed by atoms with Crippen molar-refractivity contribution >= 4 is 0 Å². The summed E-state index contributed by atoms with van der Waals surface area (Å²) in [6.45, 7) is 4.91. The number of nitrogens with two attached hydrogens (primary N) is 1. The topological polar surface area (TPSA) is 48.0 Å². The van der Waals surface area contributed by atoms with Gasteiger partial charge in [0.05, 0.1) is 6.04 Å². The van der Waals surface area contributed by atoms with Crippen LogP contribution in [0.5, 0.6) is 0 Å². The second kappa shape index (κ2) is 6.53. The largest absolute Gasteiger partial charge is 0.320 e. The molecular formula is C17H22N2O. The van der Waals surface area contributed by atoms with Gasteiger partial charge in [0.15, 0.2) is 0 Å². The maximum Gasteiger partial charge on any atom is 0.255 e. The third-order valence-electron chi connectivity index (χ3n) is 3.60. The Labute approximate surface area is 120 Å². The van der Waals surface area contributed by atoms with Gasteiger partial charge in [-0.2, -0.15) is 0 Å². The predicted octanol–water partition coefficient (Wildman–Crippen LogP) is 2.87. The summed E-state index contributed by atoms with van der Waals surface area (Å²) in [5.74, 6) is 0. The first kappa shape index (κ1) is 14.5. The molecule has 1 heterocycles. The molecule has 0 saturated carbocycles. The van der Waals surface area contributed by atoms with Crippen molar-refractivity contribution in [1.82, 2.24) is 4.57 Å². The average molecular weight is 270 g/mol. The number of hydrogen-bond donors (Lipinski definition) is 1. The highest BCUT2D eigenvalue weighted by molar-refractivity contribution is 5.32. The van der Waals surface area contributed by atoms with Crippen LogP contribution in [0.15, 0.2) is 47.4 Å². The molecule has 0 aliphatic rings. The second-order valence-corrected chi connectivity index (χ2v) is 5.03. The Kier molecular flexibility index (Phi) is 4.74. The molecule has 0 amide bonds. The number of nitrogens with zero attached hydrogens (tertiary/aromatic N) is 1. The number of aromatic nitrogens is 1. The van der Waals surface area contributed by atoms with Crippen molar-refractivity contribution in [3.05, 3.63) is 69.6 Å². The van der Waals surface area contributed by atoms with Crippen LogP contribution in [-0.2, 0) is 13.0 Å². The average Bonchev–Trinajstić information content (AvgIpc) is 2.49. The Bertz CT molecular complexity index is 614. The van der Waals surface area contributed by atoms with Crippen molar-refractivity contribution in [3.8, 4) is 0 Å². The smallest absolute Gasteiger partial charge is 0.255 e. The summed E-state index contributed by atoms with van der Waals surface area (Å²) in [6, 6.07) is 11.5. The minimum atomic E-state index is -0.363. The lowest BCUT2D eigenvalue weighted by Crippen LogP contribution is -2.28. The third-order valence-corrected chi connectivity index (χ3v) is 3.60. The first-order valence-corrected chi connectivity index (χ1v) is 7.21. The number of rotatable bonds is 5. The van der Waals surface area contributed by atoms with Crippen LogP contribution in [0.3, 0.4) is 0 Å². The van der Waals surface area contributed by atoms with Gasteiger partial charge in [-0.05, 0) is 30.0 Å². The Morgan fingerprint density at radius 3 is 2.45 bits per heavy atom. The Morgan fingerprint density at radius 1 is 1.15 bits per heavy atom. The van der Waals surface area contributed by atoms with Gasteiger partial charge in [-0.25, -0.2) is 0 Å². The highest BCUT2D eigenvalue weighted by Gasteiger charge is 2.13.